The summed E-state index contributed by atoms with van der Waals surface area (Å²) in [6.07, 6.45) is 2.90. The molecule has 0 fully saturated rings. The minimum absolute atomic E-state index is 0.180. The molecule has 0 aliphatic rings. The summed E-state index contributed by atoms with van der Waals surface area (Å²) in [5, 5.41) is 0. The molecule has 0 amide bonds. The van der Waals surface area contributed by atoms with E-state index in [-0.39, 0.29) is 11.6 Å². The van der Waals surface area contributed by atoms with Crippen molar-refractivity contribution in [2.24, 2.45) is 5.84 Å². The summed E-state index contributed by atoms with van der Waals surface area (Å²) >= 11 is 0. The second-order valence-corrected chi connectivity index (χ2v) is 4.31. The molecule has 0 bridgehead atoms. The Morgan fingerprint density at radius 3 is 2.47 bits per heavy atom. The highest BCUT2D eigenvalue weighted by atomic mass is 16.5. The Bertz CT molecular complexity index is 194. The molecule has 0 aliphatic carbocycles. The summed E-state index contributed by atoms with van der Waals surface area (Å²) in [7, 11) is 0. The lowest BCUT2D eigenvalue weighted by molar-refractivity contribution is -0.0569. The van der Waals surface area contributed by atoms with Gasteiger partial charge in [-0.3, -0.25) is 11.3 Å². The van der Waals surface area contributed by atoms with Crippen LogP contribution in [-0.4, -0.2) is 18.2 Å². The van der Waals surface area contributed by atoms with Gasteiger partial charge in [0.05, 0.1) is 11.6 Å². The highest BCUT2D eigenvalue weighted by molar-refractivity contribution is 4.94. The molecule has 90 valence electrons. The largest absolute Gasteiger partial charge is 0.374 e. The van der Waals surface area contributed by atoms with Gasteiger partial charge in [-0.15, -0.1) is 6.58 Å². The highest BCUT2D eigenvalue weighted by Crippen LogP contribution is 2.23. The van der Waals surface area contributed by atoms with Crippen LogP contribution in [0.5, 0.6) is 0 Å². The van der Waals surface area contributed by atoms with Crippen LogP contribution >= 0.6 is 0 Å². The van der Waals surface area contributed by atoms with Crippen molar-refractivity contribution < 1.29 is 4.74 Å². The van der Waals surface area contributed by atoms with E-state index in [9.17, 15) is 0 Å². The Balaban J connectivity index is 4.38. The lowest BCUT2D eigenvalue weighted by atomic mass is 9.89. The lowest BCUT2D eigenvalue weighted by Crippen LogP contribution is -2.53. The number of nitrogens with one attached hydrogen (secondary N) is 1. The number of ether oxygens (including phenoxy) is 1. The smallest absolute Gasteiger partial charge is 0.0817 e. The number of hydrazine groups is 1. The monoisotopic (exact) mass is 214 g/mol. The van der Waals surface area contributed by atoms with Crippen molar-refractivity contribution in [3.63, 3.8) is 0 Å². The predicted molar refractivity (Wildman–Crippen MR) is 65.5 cm³/mol. The van der Waals surface area contributed by atoms with Crippen molar-refractivity contribution in [1.82, 2.24) is 5.43 Å². The quantitative estimate of drug-likeness (QED) is 0.370. The van der Waals surface area contributed by atoms with Gasteiger partial charge in [0.2, 0.25) is 0 Å². The third-order valence-electron chi connectivity index (χ3n) is 2.97. The van der Waals surface area contributed by atoms with E-state index in [1.807, 2.05) is 13.8 Å². The average Bonchev–Trinajstić information content (AvgIpc) is 2.18. The highest BCUT2D eigenvalue weighted by Gasteiger charge is 2.31. The van der Waals surface area contributed by atoms with E-state index in [4.69, 9.17) is 10.6 Å². The van der Waals surface area contributed by atoms with Crippen LogP contribution in [0, 0.1) is 0 Å². The molecule has 0 aromatic heterocycles. The third-order valence-corrected chi connectivity index (χ3v) is 2.97. The van der Waals surface area contributed by atoms with E-state index >= 15 is 0 Å². The van der Waals surface area contributed by atoms with Gasteiger partial charge in [-0.05, 0) is 40.0 Å². The summed E-state index contributed by atoms with van der Waals surface area (Å²) < 4.78 is 5.79. The SMILES string of the molecule is C=C(C)CCC(NN)C(C)(CC)OCC. The van der Waals surface area contributed by atoms with Crippen LogP contribution in [0.15, 0.2) is 12.2 Å². The summed E-state index contributed by atoms with van der Waals surface area (Å²) in [6, 6.07) is 0.180. The molecular formula is C12H26N2O. The van der Waals surface area contributed by atoms with Crippen LogP contribution < -0.4 is 11.3 Å². The minimum Gasteiger partial charge on any atom is -0.374 e. The average molecular weight is 214 g/mol. The van der Waals surface area contributed by atoms with E-state index in [2.05, 4.69) is 25.9 Å². The fourth-order valence-corrected chi connectivity index (χ4v) is 1.73. The van der Waals surface area contributed by atoms with Crippen LogP contribution in [0.2, 0.25) is 0 Å². The van der Waals surface area contributed by atoms with Gasteiger partial charge in [0, 0.05) is 6.61 Å². The molecule has 0 heterocycles. The van der Waals surface area contributed by atoms with Gasteiger partial charge in [-0.25, -0.2) is 0 Å². The van der Waals surface area contributed by atoms with Gasteiger partial charge in [-0.2, -0.15) is 0 Å². The second kappa shape index (κ2) is 6.99. The van der Waals surface area contributed by atoms with Crippen LogP contribution in [0.25, 0.3) is 0 Å². The van der Waals surface area contributed by atoms with Crippen LogP contribution in [0.4, 0.5) is 0 Å². The molecule has 2 atom stereocenters. The third kappa shape index (κ3) is 4.78. The zero-order valence-corrected chi connectivity index (χ0v) is 10.6. The summed E-state index contributed by atoms with van der Waals surface area (Å²) in [5.74, 6) is 5.59. The Labute approximate surface area is 94.0 Å². The van der Waals surface area contributed by atoms with Crippen molar-refractivity contribution in [3.8, 4) is 0 Å². The zero-order valence-electron chi connectivity index (χ0n) is 10.6. The molecule has 0 saturated carbocycles. The number of hydrogen-bond acceptors (Lipinski definition) is 3. The fraction of sp³-hybridized carbons (Fsp3) is 0.833. The van der Waals surface area contributed by atoms with Crippen molar-refractivity contribution in [1.29, 1.82) is 0 Å². The van der Waals surface area contributed by atoms with Gasteiger partial charge < -0.3 is 4.74 Å². The first-order chi connectivity index (χ1) is 7.00. The second-order valence-electron chi connectivity index (χ2n) is 4.31. The van der Waals surface area contributed by atoms with Crippen LogP contribution in [0.3, 0.4) is 0 Å². The first-order valence-electron chi connectivity index (χ1n) is 5.74. The van der Waals surface area contributed by atoms with E-state index < -0.39 is 0 Å². The van der Waals surface area contributed by atoms with Gasteiger partial charge in [0.1, 0.15) is 0 Å². The molecule has 0 aromatic carbocycles. The first-order valence-corrected chi connectivity index (χ1v) is 5.74. The van der Waals surface area contributed by atoms with Crippen molar-refractivity contribution in [2.45, 2.75) is 58.6 Å². The van der Waals surface area contributed by atoms with E-state index in [0.29, 0.717) is 0 Å². The van der Waals surface area contributed by atoms with Crippen LogP contribution in [-0.2, 0) is 4.74 Å². The summed E-state index contributed by atoms with van der Waals surface area (Å²) in [4.78, 5) is 0. The lowest BCUT2D eigenvalue weighted by Gasteiger charge is -2.36. The topological polar surface area (TPSA) is 47.3 Å². The summed E-state index contributed by atoms with van der Waals surface area (Å²) in [6.45, 7) is 12.9. The first kappa shape index (κ1) is 14.6. The molecule has 0 radical (unpaired) electrons. The fourth-order valence-electron chi connectivity index (χ4n) is 1.73. The van der Waals surface area contributed by atoms with E-state index in [1.165, 1.54) is 5.57 Å². The standard InChI is InChI=1S/C12H26N2O/c1-6-12(5,15-7-2)11(14-13)9-8-10(3)4/h11,14H,3,6-9,13H2,1-2,4-5H3. The molecule has 0 aliphatic heterocycles. The maximum absolute atomic E-state index is 5.79. The maximum atomic E-state index is 5.79. The summed E-state index contributed by atoms with van der Waals surface area (Å²) in [5.41, 5.74) is 3.87. The minimum atomic E-state index is -0.182. The van der Waals surface area contributed by atoms with E-state index in [0.717, 1.165) is 25.9 Å². The Kier molecular flexibility index (Phi) is 6.81. The number of rotatable bonds is 8. The Morgan fingerprint density at radius 1 is 1.53 bits per heavy atom. The molecule has 0 saturated heterocycles. The Hall–Kier alpha value is -0.380. The molecule has 0 aromatic rings. The van der Waals surface area contributed by atoms with Crippen LogP contribution in [0.1, 0.15) is 47.0 Å². The van der Waals surface area contributed by atoms with E-state index in [1.54, 1.807) is 0 Å². The molecule has 3 N–H and O–H groups in total. The van der Waals surface area contributed by atoms with Crippen molar-refractivity contribution >= 4 is 0 Å². The Morgan fingerprint density at radius 2 is 2.13 bits per heavy atom. The zero-order chi connectivity index (χ0) is 11.9. The predicted octanol–water partition coefficient (Wildman–Crippen LogP) is 2.38. The van der Waals surface area contributed by atoms with Gasteiger partial charge >= 0.3 is 0 Å². The number of hydrogen-bond donors (Lipinski definition) is 2. The van der Waals surface area contributed by atoms with Gasteiger partial charge in [-0.1, -0.05) is 12.5 Å². The van der Waals surface area contributed by atoms with Crippen molar-refractivity contribution in [3.05, 3.63) is 12.2 Å². The number of nitrogens with two attached hydrogens (primary N) is 1. The molecule has 3 heteroatoms. The van der Waals surface area contributed by atoms with Gasteiger partial charge in [0.15, 0.2) is 0 Å². The molecule has 0 rings (SSSR count). The van der Waals surface area contributed by atoms with Gasteiger partial charge in [0.25, 0.3) is 0 Å². The van der Waals surface area contributed by atoms with Crippen molar-refractivity contribution in [2.75, 3.05) is 6.61 Å². The molecular weight excluding hydrogens is 188 g/mol. The normalized spacial score (nSPS) is 17.1. The molecule has 2 unspecified atom stereocenters. The maximum Gasteiger partial charge on any atom is 0.0817 e. The molecule has 15 heavy (non-hydrogen) atoms. The molecule has 0 spiro atoms. The molecule has 3 nitrogen and oxygen atoms in total. The number of allylic oxidation sites excluding steroid dienone is 1.